The van der Waals surface area contributed by atoms with E-state index in [4.69, 9.17) is 4.98 Å². The van der Waals surface area contributed by atoms with Gasteiger partial charge in [0.05, 0.1) is 5.39 Å². The first kappa shape index (κ1) is 23.6. The quantitative estimate of drug-likeness (QED) is 0.519. The molecule has 0 unspecified atom stereocenters. The zero-order valence-corrected chi connectivity index (χ0v) is 20.3. The molecular weight excluding hydrogens is 444 g/mol. The molecule has 1 amide bonds. The number of aryl methyl sites for hydroxylation is 1. The molecule has 0 radical (unpaired) electrons. The van der Waals surface area contributed by atoms with Crippen LogP contribution in [-0.2, 0) is 0 Å². The van der Waals surface area contributed by atoms with Gasteiger partial charge in [-0.15, -0.1) is 0 Å². The predicted octanol–water partition coefficient (Wildman–Crippen LogP) is 4.86. The topological polar surface area (TPSA) is 67.2 Å². The lowest BCUT2D eigenvalue weighted by Crippen LogP contribution is -2.39. The van der Waals surface area contributed by atoms with Crippen molar-refractivity contribution in [2.24, 2.45) is 0 Å². The SMILES string of the molecule is C=C/C=C(\C=C)Nc1cc(=O)c2c(C)c(C)c(C(=O)N3CCSCC3)nc2n1-c1ccccc1. The number of anilines is 1. The zero-order chi connectivity index (χ0) is 24.2. The number of hydrogen-bond acceptors (Lipinski definition) is 5. The number of allylic oxidation sites excluding steroid dienone is 3. The summed E-state index contributed by atoms with van der Waals surface area (Å²) in [6, 6.07) is 11.2. The first-order valence-corrected chi connectivity index (χ1v) is 12.3. The normalized spacial score (nSPS) is 14.2. The minimum Gasteiger partial charge on any atom is -0.341 e. The zero-order valence-electron chi connectivity index (χ0n) is 19.5. The summed E-state index contributed by atoms with van der Waals surface area (Å²) in [6.45, 7) is 12.7. The Hall–Kier alpha value is -3.58. The summed E-state index contributed by atoms with van der Waals surface area (Å²) in [5.74, 6) is 2.27. The standard InChI is InChI=1S/C27H28N4O2S/c1-5-10-20(6-2)28-23-17-22(32)24-18(3)19(4)25(27(33)30-13-15-34-16-14-30)29-26(24)31(23)21-11-8-7-9-12-21/h5-12,17,28H,1-2,13-16H2,3-4H3/b20-10+. The summed E-state index contributed by atoms with van der Waals surface area (Å²) in [5, 5.41) is 3.78. The molecule has 1 aliphatic rings. The van der Waals surface area contributed by atoms with E-state index in [1.54, 1.807) is 24.3 Å². The monoisotopic (exact) mass is 472 g/mol. The summed E-state index contributed by atoms with van der Waals surface area (Å²) in [7, 11) is 0. The Morgan fingerprint density at radius 3 is 2.47 bits per heavy atom. The summed E-state index contributed by atoms with van der Waals surface area (Å²) in [4.78, 5) is 33.5. The number of fused-ring (bicyclic) bond motifs is 1. The first-order chi connectivity index (χ1) is 16.5. The second kappa shape index (κ2) is 10.1. The van der Waals surface area contributed by atoms with Crippen molar-refractivity contribution in [2.45, 2.75) is 13.8 Å². The van der Waals surface area contributed by atoms with Crippen molar-refractivity contribution in [3.05, 3.63) is 101 Å². The fourth-order valence-corrected chi connectivity index (χ4v) is 5.00. The molecule has 1 saturated heterocycles. The number of thioether (sulfide) groups is 1. The van der Waals surface area contributed by atoms with Crippen LogP contribution in [0.3, 0.4) is 0 Å². The highest BCUT2D eigenvalue weighted by Crippen LogP contribution is 2.27. The average Bonchev–Trinajstić information content (AvgIpc) is 2.86. The molecule has 34 heavy (non-hydrogen) atoms. The van der Waals surface area contributed by atoms with E-state index in [1.165, 1.54) is 0 Å². The number of nitrogens with zero attached hydrogens (tertiary/aromatic N) is 3. The molecule has 0 spiro atoms. The van der Waals surface area contributed by atoms with Crippen LogP contribution in [0.4, 0.5) is 5.82 Å². The Kier molecular flexibility index (Phi) is 7.03. The minimum atomic E-state index is -0.159. The highest BCUT2D eigenvalue weighted by Gasteiger charge is 2.25. The molecule has 3 aromatic rings. The van der Waals surface area contributed by atoms with Gasteiger partial charge in [-0.3, -0.25) is 14.2 Å². The van der Waals surface area contributed by atoms with E-state index in [9.17, 15) is 9.59 Å². The molecule has 1 aliphatic heterocycles. The first-order valence-electron chi connectivity index (χ1n) is 11.2. The van der Waals surface area contributed by atoms with Crippen LogP contribution in [0.1, 0.15) is 21.6 Å². The molecule has 7 heteroatoms. The largest absolute Gasteiger partial charge is 0.341 e. The van der Waals surface area contributed by atoms with Gasteiger partial charge in [0.15, 0.2) is 11.1 Å². The van der Waals surface area contributed by atoms with Crippen LogP contribution in [0.15, 0.2) is 78.3 Å². The summed E-state index contributed by atoms with van der Waals surface area (Å²) >= 11 is 1.85. The molecule has 0 saturated carbocycles. The Morgan fingerprint density at radius 1 is 1.12 bits per heavy atom. The lowest BCUT2D eigenvalue weighted by Gasteiger charge is -2.27. The van der Waals surface area contributed by atoms with Crippen LogP contribution in [0, 0.1) is 13.8 Å². The van der Waals surface area contributed by atoms with Crippen molar-refractivity contribution in [1.82, 2.24) is 14.5 Å². The molecule has 2 aromatic heterocycles. The number of rotatable bonds is 6. The molecular formula is C27H28N4O2S. The maximum Gasteiger partial charge on any atom is 0.272 e. The third kappa shape index (κ3) is 4.43. The minimum absolute atomic E-state index is 0.0912. The van der Waals surface area contributed by atoms with Crippen LogP contribution in [0.2, 0.25) is 0 Å². The van der Waals surface area contributed by atoms with Crippen LogP contribution in [-0.4, -0.2) is 45.0 Å². The maximum atomic E-state index is 13.5. The number of benzene rings is 1. The van der Waals surface area contributed by atoms with E-state index in [1.807, 2.05) is 65.4 Å². The molecule has 0 atom stereocenters. The van der Waals surface area contributed by atoms with Crippen molar-refractivity contribution in [1.29, 1.82) is 0 Å². The Morgan fingerprint density at radius 2 is 1.82 bits per heavy atom. The lowest BCUT2D eigenvalue weighted by molar-refractivity contribution is 0.0766. The van der Waals surface area contributed by atoms with Gasteiger partial charge in [0.2, 0.25) is 0 Å². The van der Waals surface area contributed by atoms with E-state index in [-0.39, 0.29) is 11.3 Å². The van der Waals surface area contributed by atoms with Crippen LogP contribution in [0.25, 0.3) is 16.7 Å². The van der Waals surface area contributed by atoms with Gasteiger partial charge in [0.25, 0.3) is 5.91 Å². The molecule has 3 heterocycles. The summed E-state index contributed by atoms with van der Waals surface area (Å²) in [5.41, 5.74) is 3.70. The number of amides is 1. The van der Waals surface area contributed by atoms with Crippen LogP contribution in [0.5, 0.6) is 0 Å². The molecule has 1 N–H and O–H groups in total. The molecule has 174 valence electrons. The number of nitrogens with one attached hydrogen (secondary N) is 1. The number of aromatic nitrogens is 2. The Bertz CT molecular complexity index is 1350. The van der Waals surface area contributed by atoms with E-state index < -0.39 is 0 Å². The Labute approximate surface area is 203 Å². The summed E-state index contributed by atoms with van der Waals surface area (Å²) in [6.07, 6.45) is 5.08. The molecule has 6 nitrogen and oxygen atoms in total. The number of hydrogen-bond donors (Lipinski definition) is 1. The second-order valence-electron chi connectivity index (χ2n) is 8.07. The van der Waals surface area contributed by atoms with Gasteiger partial charge < -0.3 is 10.2 Å². The molecule has 1 fully saturated rings. The smallest absolute Gasteiger partial charge is 0.272 e. The van der Waals surface area contributed by atoms with Gasteiger partial charge in [-0.25, -0.2) is 4.98 Å². The average molecular weight is 473 g/mol. The molecule has 0 bridgehead atoms. The third-order valence-corrected chi connectivity index (χ3v) is 6.95. The second-order valence-corrected chi connectivity index (χ2v) is 9.29. The number of para-hydroxylation sites is 1. The van der Waals surface area contributed by atoms with Crippen molar-refractivity contribution < 1.29 is 4.79 Å². The molecule has 4 rings (SSSR count). The number of carbonyl (C=O) groups excluding carboxylic acids is 1. The highest BCUT2D eigenvalue weighted by atomic mass is 32.2. The predicted molar refractivity (Wildman–Crippen MR) is 142 cm³/mol. The van der Waals surface area contributed by atoms with Crippen LogP contribution < -0.4 is 10.7 Å². The van der Waals surface area contributed by atoms with Gasteiger partial charge in [0.1, 0.15) is 11.5 Å². The van der Waals surface area contributed by atoms with Gasteiger partial charge >= 0.3 is 0 Å². The van der Waals surface area contributed by atoms with Gasteiger partial charge in [-0.2, -0.15) is 11.8 Å². The van der Waals surface area contributed by atoms with Crippen molar-refractivity contribution in [3.63, 3.8) is 0 Å². The van der Waals surface area contributed by atoms with Gasteiger partial charge in [-0.1, -0.05) is 37.4 Å². The summed E-state index contributed by atoms with van der Waals surface area (Å²) < 4.78 is 1.88. The fourth-order valence-electron chi connectivity index (χ4n) is 4.10. The van der Waals surface area contributed by atoms with Crippen LogP contribution >= 0.6 is 11.8 Å². The molecule has 1 aromatic carbocycles. The Balaban J connectivity index is 2.02. The molecule has 0 aliphatic carbocycles. The van der Waals surface area contributed by atoms with Crippen molar-refractivity contribution in [3.8, 4) is 5.69 Å². The van der Waals surface area contributed by atoms with E-state index in [0.29, 0.717) is 41.3 Å². The number of pyridine rings is 2. The highest BCUT2D eigenvalue weighted by molar-refractivity contribution is 7.99. The van der Waals surface area contributed by atoms with Crippen molar-refractivity contribution in [2.75, 3.05) is 29.9 Å². The third-order valence-electron chi connectivity index (χ3n) is 6.01. The van der Waals surface area contributed by atoms with Crippen molar-refractivity contribution >= 4 is 34.5 Å². The van der Waals surface area contributed by atoms with E-state index >= 15 is 0 Å². The van der Waals surface area contributed by atoms with E-state index in [0.717, 1.165) is 28.3 Å². The fraction of sp³-hybridized carbons (Fsp3) is 0.222. The van der Waals surface area contributed by atoms with Gasteiger partial charge in [-0.05, 0) is 49.3 Å². The lowest BCUT2D eigenvalue weighted by atomic mass is 10.0. The number of carbonyl (C=O) groups is 1. The maximum absolute atomic E-state index is 13.5. The van der Waals surface area contributed by atoms with Gasteiger partial charge in [0, 0.05) is 42.0 Å². The van der Waals surface area contributed by atoms with E-state index in [2.05, 4.69) is 18.5 Å².